The summed E-state index contributed by atoms with van der Waals surface area (Å²) in [6, 6.07) is 4.40. The Balaban J connectivity index is 1.87. The zero-order valence-electron chi connectivity index (χ0n) is 19.6. The van der Waals surface area contributed by atoms with E-state index in [1.54, 1.807) is 24.2 Å². The number of fused-ring (bicyclic) bond motifs is 1. The second kappa shape index (κ2) is 10.3. The van der Waals surface area contributed by atoms with Crippen LogP contribution in [-0.2, 0) is 6.42 Å². The minimum atomic E-state index is -0.614. The molecule has 0 radical (unpaired) electrons. The molecule has 3 rings (SSSR count). The molecule has 2 aromatic rings. The Morgan fingerprint density at radius 1 is 1.42 bits per heavy atom. The van der Waals surface area contributed by atoms with E-state index in [0.717, 1.165) is 24.3 Å². The smallest absolute Gasteiger partial charge is 0.327 e. The van der Waals surface area contributed by atoms with E-state index in [-0.39, 0.29) is 17.6 Å². The summed E-state index contributed by atoms with van der Waals surface area (Å²) in [7, 11) is 1.57. The molecular weight excluding hydrogens is 419 g/mol. The third-order valence-corrected chi connectivity index (χ3v) is 5.48. The van der Waals surface area contributed by atoms with E-state index in [4.69, 9.17) is 12.2 Å². The van der Waals surface area contributed by atoms with Crippen molar-refractivity contribution in [2.75, 3.05) is 47.5 Å². The van der Waals surface area contributed by atoms with Gasteiger partial charge in [0.2, 0.25) is 0 Å². The lowest BCUT2D eigenvalue weighted by Gasteiger charge is -2.30. The van der Waals surface area contributed by atoms with Gasteiger partial charge in [0, 0.05) is 67.5 Å². The first-order valence-corrected chi connectivity index (χ1v) is 11.0. The third kappa shape index (κ3) is 5.43. The van der Waals surface area contributed by atoms with Crippen LogP contribution in [0.5, 0.6) is 0 Å². The molecule has 0 saturated heterocycles. The number of carbonyl (C=O) groups excluding carboxylic acids is 1. The maximum absolute atomic E-state index is 14.2. The number of halogens is 1. The second-order valence-electron chi connectivity index (χ2n) is 8.68. The summed E-state index contributed by atoms with van der Waals surface area (Å²) >= 11 is 0. The fourth-order valence-electron chi connectivity index (χ4n) is 4.01. The number of benzene rings is 1. The minimum Gasteiger partial charge on any atom is -0.396 e. The number of rotatable bonds is 7. The van der Waals surface area contributed by atoms with Crippen LogP contribution in [0.2, 0.25) is 0 Å². The highest BCUT2D eigenvalue weighted by Gasteiger charge is 2.30. The number of nitrogen functional groups attached to an aromatic ring is 1. The highest BCUT2D eigenvalue weighted by Crippen LogP contribution is 2.35. The Bertz CT molecular complexity index is 1090. The SMILES string of the molecule is C#C[C@@H](C)CN(CC(C)C)c1ccnc2c1CCN2C(=O)Nc1cc(F)c(N)c(C=NC)c1. The maximum atomic E-state index is 14.2. The van der Waals surface area contributed by atoms with Crippen molar-refractivity contribution >= 4 is 35.1 Å². The number of urea groups is 1. The monoisotopic (exact) mass is 450 g/mol. The van der Waals surface area contributed by atoms with Gasteiger partial charge in [-0.15, -0.1) is 12.3 Å². The van der Waals surface area contributed by atoms with E-state index in [1.807, 2.05) is 13.0 Å². The molecule has 8 heteroatoms. The summed E-state index contributed by atoms with van der Waals surface area (Å²) in [5.74, 6) is 3.33. The molecule has 1 atom stereocenters. The number of carbonyl (C=O) groups is 1. The molecule has 1 aromatic heterocycles. The summed E-state index contributed by atoms with van der Waals surface area (Å²) in [6.07, 6.45) is 9.48. The first-order chi connectivity index (χ1) is 15.7. The molecule has 0 bridgehead atoms. The van der Waals surface area contributed by atoms with E-state index in [2.05, 4.69) is 40.0 Å². The van der Waals surface area contributed by atoms with E-state index in [9.17, 15) is 9.18 Å². The Morgan fingerprint density at radius 3 is 2.85 bits per heavy atom. The van der Waals surface area contributed by atoms with Gasteiger partial charge in [-0.25, -0.2) is 14.2 Å². The lowest BCUT2D eigenvalue weighted by molar-refractivity contribution is 0.257. The van der Waals surface area contributed by atoms with Crippen molar-refractivity contribution in [1.82, 2.24) is 4.98 Å². The van der Waals surface area contributed by atoms with Crippen molar-refractivity contribution in [2.24, 2.45) is 16.8 Å². The first kappa shape index (κ1) is 24.1. The van der Waals surface area contributed by atoms with Gasteiger partial charge in [-0.1, -0.05) is 13.8 Å². The molecule has 174 valence electrons. The summed E-state index contributed by atoms with van der Waals surface area (Å²) in [5, 5.41) is 2.76. The van der Waals surface area contributed by atoms with Crippen LogP contribution in [0.25, 0.3) is 0 Å². The molecule has 7 nitrogen and oxygen atoms in total. The topological polar surface area (TPSA) is 86.9 Å². The van der Waals surface area contributed by atoms with Crippen LogP contribution >= 0.6 is 0 Å². The van der Waals surface area contributed by atoms with Crippen molar-refractivity contribution in [1.29, 1.82) is 0 Å². The molecular formula is C25H31FN6O. The van der Waals surface area contributed by atoms with Crippen LogP contribution in [0.15, 0.2) is 29.4 Å². The number of nitrogens with two attached hydrogens (primary N) is 1. The third-order valence-electron chi connectivity index (χ3n) is 5.48. The van der Waals surface area contributed by atoms with Crippen molar-refractivity contribution in [3.63, 3.8) is 0 Å². The zero-order chi connectivity index (χ0) is 24.1. The molecule has 0 aliphatic carbocycles. The average Bonchev–Trinajstić information content (AvgIpc) is 3.21. The number of hydrogen-bond acceptors (Lipinski definition) is 5. The number of anilines is 4. The molecule has 0 unspecified atom stereocenters. The Kier molecular flexibility index (Phi) is 7.54. The van der Waals surface area contributed by atoms with Gasteiger partial charge in [-0.2, -0.15) is 0 Å². The summed E-state index contributed by atoms with van der Waals surface area (Å²) in [6.45, 7) is 8.41. The summed E-state index contributed by atoms with van der Waals surface area (Å²) in [4.78, 5) is 25.3. The van der Waals surface area contributed by atoms with Crippen molar-refractivity contribution in [3.8, 4) is 12.3 Å². The predicted octanol–water partition coefficient (Wildman–Crippen LogP) is 4.18. The number of hydrogen-bond donors (Lipinski definition) is 2. The molecule has 1 aliphatic rings. The number of amides is 2. The van der Waals surface area contributed by atoms with Gasteiger partial charge < -0.3 is 16.0 Å². The maximum Gasteiger partial charge on any atom is 0.327 e. The Morgan fingerprint density at radius 2 is 2.18 bits per heavy atom. The molecule has 0 fully saturated rings. The average molecular weight is 451 g/mol. The number of nitrogens with zero attached hydrogens (tertiary/aromatic N) is 4. The highest BCUT2D eigenvalue weighted by molar-refractivity contribution is 6.03. The highest BCUT2D eigenvalue weighted by atomic mass is 19.1. The number of pyridine rings is 1. The number of nitrogens with one attached hydrogen (secondary N) is 1. The van der Waals surface area contributed by atoms with Gasteiger partial charge >= 0.3 is 6.03 Å². The number of aliphatic imine (C=N–C) groups is 1. The van der Waals surface area contributed by atoms with Crippen LogP contribution < -0.4 is 20.9 Å². The van der Waals surface area contributed by atoms with Crippen LogP contribution in [-0.4, -0.2) is 43.9 Å². The van der Waals surface area contributed by atoms with Crippen LogP contribution in [0.1, 0.15) is 31.9 Å². The van der Waals surface area contributed by atoms with Gasteiger partial charge in [-0.05, 0) is 37.5 Å². The van der Waals surface area contributed by atoms with Crippen molar-refractivity contribution in [3.05, 3.63) is 41.3 Å². The van der Waals surface area contributed by atoms with E-state index in [0.29, 0.717) is 36.0 Å². The number of aromatic nitrogens is 1. The number of terminal acetylenes is 1. The van der Waals surface area contributed by atoms with E-state index >= 15 is 0 Å². The van der Waals surface area contributed by atoms with E-state index < -0.39 is 5.82 Å². The molecule has 0 spiro atoms. The minimum absolute atomic E-state index is 0.0112. The molecule has 3 N–H and O–H groups in total. The predicted molar refractivity (Wildman–Crippen MR) is 134 cm³/mol. The molecule has 1 aromatic carbocycles. The Labute approximate surface area is 194 Å². The molecule has 0 saturated carbocycles. The molecule has 2 amide bonds. The van der Waals surface area contributed by atoms with Gasteiger partial charge in [0.1, 0.15) is 11.6 Å². The van der Waals surface area contributed by atoms with E-state index in [1.165, 1.54) is 12.3 Å². The summed E-state index contributed by atoms with van der Waals surface area (Å²) in [5.41, 5.74) is 8.52. The fraction of sp³-hybridized carbons (Fsp3) is 0.400. The lowest BCUT2D eigenvalue weighted by Crippen LogP contribution is -2.34. The largest absolute Gasteiger partial charge is 0.396 e. The van der Waals surface area contributed by atoms with Gasteiger partial charge in [0.25, 0.3) is 0 Å². The van der Waals surface area contributed by atoms with Gasteiger partial charge in [0.15, 0.2) is 0 Å². The van der Waals surface area contributed by atoms with Gasteiger partial charge in [-0.3, -0.25) is 9.89 Å². The fourth-order valence-corrected chi connectivity index (χ4v) is 4.01. The van der Waals surface area contributed by atoms with Crippen molar-refractivity contribution in [2.45, 2.75) is 27.2 Å². The zero-order valence-corrected chi connectivity index (χ0v) is 19.6. The molecule has 2 heterocycles. The second-order valence-corrected chi connectivity index (χ2v) is 8.68. The van der Waals surface area contributed by atoms with Gasteiger partial charge in [0.05, 0.1) is 5.69 Å². The Hall–Kier alpha value is -3.60. The normalized spacial score (nSPS) is 13.8. The summed E-state index contributed by atoms with van der Waals surface area (Å²) < 4.78 is 14.2. The quantitative estimate of drug-likeness (QED) is 0.376. The van der Waals surface area contributed by atoms with Crippen LogP contribution in [0, 0.1) is 30.0 Å². The molecule has 1 aliphatic heterocycles. The molecule has 33 heavy (non-hydrogen) atoms. The van der Waals surface area contributed by atoms with Crippen molar-refractivity contribution < 1.29 is 9.18 Å². The lowest BCUT2D eigenvalue weighted by atomic mass is 10.1. The van der Waals surface area contributed by atoms with Crippen LogP contribution in [0.3, 0.4) is 0 Å². The standard InChI is InChI=1S/C25H31FN6O/c1-6-17(4)15-31(14-16(2)3)22-7-9-29-24-20(22)8-10-32(24)25(33)30-19-11-18(13-28-5)23(27)21(26)12-19/h1,7,9,11-13,16-17H,8,10,14-15,27H2,2-5H3,(H,30,33)/t17-/m1/s1. The first-order valence-electron chi connectivity index (χ1n) is 11.0. The van der Waals surface area contributed by atoms with Crippen LogP contribution in [0.4, 0.5) is 32.1 Å².